The van der Waals surface area contributed by atoms with Gasteiger partial charge in [-0.3, -0.25) is 0 Å². The van der Waals surface area contributed by atoms with E-state index >= 15 is 0 Å². The standard InChI is InChI=1S/C14H29N3O/c1-4-11-17(13(18)16(5-2)6-3)14(12-15)9-7-8-10-14/h4-12,15H2,1-3H3. The van der Waals surface area contributed by atoms with Crippen molar-refractivity contribution < 1.29 is 4.79 Å². The topological polar surface area (TPSA) is 49.6 Å². The van der Waals surface area contributed by atoms with Crippen molar-refractivity contribution in [2.24, 2.45) is 5.73 Å². The highest BCUT2D eigenvalue weighted by molar-refractivity contribution is 5.75. The number of nitrogens with two attached hydrogens (primary N) is 1. The summed E-state index contributed by atoms with van der Waals surface area (Å²) in [4.78, 5) is 16.6. The number of urea groups is 1. The zero-order chi connectivity index (χ0) is 13.6. The average molecular weight is 255 g/mol. The van der Waals surface area contributed by atoms with Gasteiger partial charge in [-0.25, -0.2) is 4.79 Å². The van der Waals surface area contributed by atoms with Crippen LogP contribution in [-0.2, 0) is 0 Å². The fourth-order valence-electron chi connectivity index (χ4n) is 3.04. The van der Waals surface area contributed by atoms with E-state index < -0.39 is 0 Å². The van der Waals surface area contributed by atoms with Gasteiger partial charge in [0.2, 0.25) is 0 Å². The summed E-state index contributed by atoms with van der Waals surface area (Å²) in [6, 6.07) is 0.175. The predicted octanol–water partition coefficient (Wildman–Crippen LogP) is 2.43. The number of carbonyl (C=O) groups excluding carboxylic acids is 1. The van der Waals surface area contributed by atoms with Crippen LogP contribution in [0.4, 0.5) is 4.79 Å². The third-order valence-electron chi connectivity index (χ3n) is 4.20. The second-order valence-corrected chi connectivity index (χ2v) is 5.24. The minimum absolute atomic E-state index is 0.0737. The van der Waals surface area contributed by atoms with E-state index in [0.29, 0.717) is 6.54 Å². The van der Waals surface area contributed by atoms with Crippen molar-refractivity contribution in [3.63, 3.8) is 0 Å². The molecule has 0 spiro atoms. The lowest BCUT2D eigenvalue weighted by molar-refractivity contribution is 0.0918. The molecule has 2 N–H and O–H groups in total. The Hall–Kier alpha value is -0.770. The highest BCUT2D eigenvalue weighted by Crippen LogP contribution is 2.35. The summed E-state index contributed by atoms with van der Waals surface area (Å²) in [5, 5.41) is 0. The zero-order valence-corrected chi connectivity index (χ0v) is 12.2. The highest BCUT2D eigenvalue weighted by Gasteiger charge is 2.41. The van der Waals surface area contributed by atoms with Crippen LogP contribution < -0.4 is 5.73 Å². The molecule has 1 saturated carbocycles. The van der Waals surface area contributed by atoms with Crippen molar-refractivity contribution in [1.29, 1.82) is 0 Å². The van der Waals surface area contributed by atoms with Gasteiger partial charge in [0.1, 0.15) is 0 Å². The van der Waals surface area contributed by atoms with E-state index in [9.17, 15) is 4.79 Å². The molecule has 0 saturated heterocycles. The molecular formula is C14H29N3O. The van der Waals surface area contributed by atoms with Crippen LogP contribution in [-0.4, -0.2) is 47.5 Å². The van der Waals surface area contributed by atoms with Crippen LogP contribution in [0.3, 0.4) is 0 Å². The number of rotatable bonds is 6. The summed E-state index contributed by atoms with van der Waals surface area (Å²) in [7, 11) is 0. The molecule has 0 atom stereocenters. The number of hydrogen-bond acceptors (Lipinski definition) is 2. The maximum absolute atomic E-state index is 12.6. The van der Waals surface area contributed by atoms with E-state index in [2.05, 4.69) is 11.8 Å². The summed E-state index contributed by atoms with van der Waals surface area (Å²) >= 11 is 0. The van der Waals surface area contributed by atoms with Crippen molar-refractivity contribution in [1.82, 2.24) is 9.80 Å². The fraction of sp³-hybridized carbons (Fsp3) is 0.929. The maximum atomic E-state index is 12.6. The van der Waals surface area contributed by atoms with Crippen LogP contribution in [0.15, 0.2) is 0 Å². The lowest BCUT2D eigenvalue weighted by Crippen LogP contribution is -2.58. The average Bonchev–Trinajstić information content (AvgIpc) is 2.87. The van der Waals surface area contributed by atoms with Gasteiger partial charge in [-0.2, -0.15) is 0 Å². The van der Waals surface area contributed by atoms with Crippen molar-refractivity contribution in [2.45, 2.75) is 58.4 Å². The molecule has 0 aliphatic heterocycles. The summed E-state index contributed by atoms with van der Waals surface area (Å²) in [6.07, 6.45) is 5.52. The minimum Gasteiger partial charge on any atom is -0.328 e. The van der Waals surface area contributed by atoms with E-state index in [-0.39, 0.29) is 11.6 Å². The van der Waals surface area contributed by atoms with Crippen LogP contribution >= 0.6 is 0 Å². The Labute approximate surface area is 111 Å². The Morgan fingerprint density at radius 3 is 2.11 bits per heavy atom. The van der Waals surface area contributed by atoms with Crippen molar-refractivity contribution >= 4 is 6.03 Å². The molecular weight excluding hydrogens is 226 g/mol. The second-order valence-electron chi connectivity index (χ2n) is 5.24. The van der Waals surface area contributed by atoms with Gasteiger partial charge in [-0.1, -0.05) is 19.8 Å². The summed E-state index contributed by atoms with van der Waals surface area (Å²) in [5.74, 6) is 0. The molecule has 18 heavy (non-hydrogen) atoms. The number of amides is 2. The number of nitrogens with zero attached hydrogens (tertiary/aromatic N) is 2. The van der Waals surface area contributed by atoms with Crippen LogP contribution in [0.5, 0.6) is 0 Å². The molecule has 0 aromatic carbocycles. The normalized spacial score (nSPS) is 17.8. The molecule has 106 valence electrons. The van der Waals surface area contributed by atoms with Crippen LogP contribution in [0.25, 0.3) is 0 Å². The molecule has 1 fully saturated rings. The van der Waals surface area contributed by atoms with Crippen molar-refractivity contribution in [3.05, 3.63) is 0 Å². The first kappa shape index (κ1) is 15.3. The molecule has 1 aliphatic rings. The van der Waals surface area contributed by atoms with Gasteiger partial charge in [-0.15, -0.1) is 0 Å². The minimum atomic E-state index is -0.0737. The highest BCUT2D eigenvalue weighted by atomic mass is 16.2. The van der Waals surface area contributed by atoms with Gasteiger partial charge >= 0.3 is 6.03 Å². The Kier molecular flexibility index (Phi) is 5.93. The van der Waals surface area contributed by atoms with Gasteiger partial charge in [0, 0.05) is 26.2 Å². The third kappa shape index (κ3) is 2.97. The first-order chi connectivity index (χ1) is 8.65. The van der Waals surface area contributed by atoms with Crippen LogP contribution in [0, 0.1) is 0 Å². The van der Waals surface area contributed by atoms with Gasteiger partial charge in [0.15, 0.2) is 0 Å². The van der Waals surface area contributed by atoms with E-state index in [1.165, 1.54) is 12.8 Å². The molecule has 1 aliphatic carbocycles. The molecule has 0 bridgehead atoms. The first-order valence-corrected chi connectivity index (χ1v) is 7.41. The molecule has 4 heteroatoms. The fourth-order valence-corrected chi connectivity index (χ4v) is 3.04. The molecule has 1 rings (SSSR count). The lowest BCUT2D eigenvalue weighted by atomic mass is 9.95. The van der Waals surface area contributed by atoms with Crippen LogP contribution in [0.2, 0.25) is 0 Å². The second kappa shape index (κ2) is 6.98. The Balaban J connectivity index is 2.89. The van der Waals surface area contributed by atoms with Crippen molar-refractivity contribution in [2.75, 3.05) is 26.2 Å². The molecule has 0 radical (unpaired) electrons. The van der Waals surface area contributed by atoms with Gasteiger partial charge in [0.05, 0.1) is 5.54 Å². The van der Waals surface area contributed by atoms with Crippen molar-refractivity contribution in [3.8, 4) is 0 Å². The van der Waals surface area contributed by atoms with Gasteiger partial charge in [-0.05, 0) is 33.1 Å². The molecule has 0 aromatic rings. The lowest BCUT2D eigenvalue weighted by Gasteiger charge is -2.43. The Morgan fingerprint density at radius 1 is 1.17 bits per heavy atom. The monoisotopic (exact) mass is 255 g/mol. The molecule has 0 unspecified atom stereocenters. The first-order valence-electron chi connectivity index (χ1n) is 7.41. The predicted molar refractivity (Wildman–Crippen MR) is 75.6 cm³/mol. The van der Waals surface area contributed by atoms with E-state index in [4.69, 9.17) is 5.73 Å². The number of hydrogen-bond donors (Lipinski definition) is 1. The van der Waals surface area contributed by atoms with Gasteiger partial charge < -0.3 is 15.5 Å². The molecule has 0 heterocycles. The van der Waals surface area contributed by atoms with E-state index in [1.54, 1.807) is 0 Å². The van der Waals surface area contributed by atoms with E-state index in [0.717, 1.165) is 38.9 Å². The molecule has 0 aromatic heterocycles. The zero-order valence-electron chi connectivity index (χ0n) is 12.2. The Bertz CT molecular complexity index is 258. The summed E-state index contributed by atoms with van der Waals surface area (Å²) in [5.41, 5.74) is 5.93. The largest absolute Gasteiger partial charge is 0.328 e. The van der Waals surface area contributed by atoms with E-state index in [1.807, 2.05) is 18.7 Å². The summed E-state index contributed by atoms with van der Waals surface area (Å²) < 4.78 is 0. The Morgan fingerprint density at radius 2 is 1.72 bits per heavy atom. The SMILES string of the molecule is CCCN(C(=O)N(CC)CC)C1(CN)CCCC1. The third-order valence-corrected chi connectivity index (χ3v) is 4.20. The smallest absolute Gasteiger partial charge is 0.320 e. The molecule has 2 amide bonds. The van der Waals surface area contributed by atoms with Crippen LogP contribution in [0.1, 0.15) is 52.9 Å². The quantitative estimate of drug-likeness (QED) is 0.792. The molecule has 4 nitrogen and oxygen atoms in total. The number of carbonyl (C=O) groups is 1. The summed E-state index contributed by atoms with van der Waals surface area (Å²) in [6.45, 7) is 9.17. The maximum Gasteiger partial charge on any atom is 0.320 e. The van der Waals surface area contributed by atoms with Gasteiger partial charge in [0.25, 0.3) is 0 Å².